The number of carboxylic acids is 1. The molecule has 0 saturated heterocycles. The molecule has 2 heterocycles. The summed E-state index contributed by atoms with van der Waals surface area (Å²) in [5.74, 6) is -1.31. The van der Waals surface area contributed by atoms with Gasteiger partial charge in [-0.05, 0) is 48.9 Å². The number of hydrogen-bond acceptors (Lipinski definition) is 5. The van der Waals surface area contributed by atoms with Crippen molar-refractivity contribution in [2.75, 3.05) is 0 Å². The van der Waals surface area contributed by atoms with Crippen molar-refractivity contribution in [3.8, 4) is 28.7 Å². The van der Waals surface area contributed by atoms with Crippen LogP contribution in [0.4, 0.5) is 4.39 Å². The van der Waals surface area contributed by atoms with Crippen LogP contribution in [-0.2, 0) is 13.7 Å². The zero-order valence-corrected chi connectivity index (χ0v) is 18.2. The lowest BCUT2D eigenvalue weighted by atomic mass is 10.1. The third-order valence-electron chi connectivity index (χ3n) is 5.49. The fraction of sp³-hybridized carbons (Fsp3) is 0.125. The standard InChI is InChI=1S/C24H18FN5O4/c1-14-20(22(31)28(2)24(34)29(14)18-5-3-4-16(10-18)11-25)21-19(23(32)33)13-27-30(21)17-8-6-15(12-26)7-9-17/h3-10,13H,11H2,1-2H3,(H,32,33). The van der Waals surface area contributed by atoms with E-state index in [-0.39, 0.29) is 22.5 Å². The molecule has 2 aromatic carbocycles. The predicted molar refractivity (Wildman–Crippen MR) is 121 cm³/mol. The number of carbonyl (C=O) groups is 1. The van der Waals surface area contributed by atoms with Gasteiger partial charge in [0.1, 0.15) is 12.2 Å². The number of benzene rings is 2. The van der Waals surface area contributed by atoms with Gasteiger partial charge in [-0.1, -0.05) is 12.1 Å². The molecule has 0 aliphatic carbocycles. The highest BCUT2D eigenvalue weighted by molar-refractivity contribution is 5.95. The second-order valence-electron chi connectivity index (χ2n) is 7.53. The van der Waals surface area contributed by atoms with Crippen LogP contribution in [0.15, 0.2) is 64.3 Å². The average Bonchev–Trinajstić information content (AvgIpc) is 3.28. The minimum Gasteiger partial charge on any atom is -0.478 e. The maximum Gasteiger partial charge on any atom is 0.339 e. The number of nitrogens with zero attached hydrogens (tertiary/aromatic N) is 5. The Morgan fingerprint density at radius 1 is 1.15 bits per heavy atom. The number of nitriles is 1. The maximum absolute atomic E-state index is 13.3. The van der Waals surface area contributed by atoms with Crippen LogP contribution in [0.2, 0.25) is 0 Å². The minimum atomic E-state index is -1.31. The van der Waals surface area contributed by atoms with E-state index in [1.807, 2.05) is 6.07 Å². The van der Waals surface area contributed by atoms with Crippen LogP contribution in [0.5, 0.6) is 0 Å². The van der Waals surface area contributed by atoms with E-state index in [4.69, 9.17) is 5.26 Å². The Morgan fingerprint density at radius 2 is 1.85 bits per heavy atom. The Morgan fingerprint density at radius 3 is 2.47 bits per heavy atom. The van der Waals surface area contributed by atoms with Crippen molar-refractivity contribution in [3.63, 3.8) is 0 Å². The fourth-order valence-corrected chi connectivity index (χ4v) is 3.79. The van der Waals surface area contributed by atoms with Crippen LogP contribution in [0.1, 0.15) is 27.2 Å². The Labute approximate surface area is 192 Å². The molecule has 0 saturated carbocycles. The molecule has 4 aromatic rings. The average molecular weight is 459 g/mol. The molecule has 0 amide bonds. The summed E-state index contributed by atoms with van der Waals surface area (Å²) < 4.78 is 16.6. The van der Waals surface area contributed by atoms with Crippen LogP contribution < -0.4 is 11.2 Å². The number of rotatable bonds is 5. The fourth-order valence-electron chi connectivity index (χ4n) is 3.79. The smallest absolute Gasteiger partial charge is 0.339 e. The van der Waals surface area contributed by atoms with Gasteiger partial charge in [-0.2, -0.15) is 10.4 Å². The summed E-state index contributed by atoms with van der Waals surface area (Å²) in [6.07, 6.45) is 1.12. The number of hydrogen-bond donors (Lipinski definition) is 1. The van der Waals surface area contributed by atoms with E-state index in [0.29, 0.717) is 22.5 Å². The zero-order valence-electron chi connectivity index (χ0n) is 18.2. The first kappa shape index (κ1) is 22.4. The number of alkyl halides is 1. The molecular formula is C24H18FN5O4. The summed E-state index contributed by atoms with van der Waals surface area (Å²) in [5.41, 5.74) is -0.0397. The second-order valence-corrected chi connectivity index (χ2v) is 7.53. The first-order chi connectivity index (χ1) is 16.3. The van der Waals surface area contributed by atoms with Crippen LogP contribution in [-0.4, -0.2) is 30.0 Å². The third kappa shape index (κ3) is 3.59. The molecule has 0 bridgehead atoms. The summed E-state index contributed by atoms with van der Waals surface area (Å²) >= 11 is 0. The number of aromatic nitrogens is 4. The first-order valence-electron chi connectivity index (χ1n) is 10.1. The normalized spacial score (nSPS) is 10.8. The van der Waals surface area contributed by atoms with Gasteiger partial charge in [0.05, 0.1) is 40.5 Å². The maximum atomic E-state index is 13.3. The summed E-state index contributed by atoms with van der Waals surface area (Å²) in [7, 11) is 1.28. The molecule has 1 N–H and O–H groups in total. The third-order valence-corrected chi connectivity index (χ3v) is 5.49. The molecule has 0 unspecified atom stereocenters. The van der Waals surface area contributed by atoms with Gasteiger partial charge in [-0.15, -0.1) is 0 Å². The van der Waals surface area contributed by atoms with Crippen molar-refractivity contribution >= 4 is 5.97 Å². The van der Waals surface area contributed by atoms with Crippen molar-refractivity contribution in [1.29, 1.82) is 5.26 Å². The Balaban J connectivity index is 2.09. The molecular weight excluding hydrogens is 441 g/mol. The largest absolute Gasteiger partial charge is 0.478 e. The monoisotopic (exact) mass is 459 g/mol. The van der Waals surface area contributed by atoms with Gasteiger partial charge in [0, 0.05) is 12.7 Å². The van der Waals surface area contributed by atoms with Crippen molar-refractivity contribution in [3.05, 3.63) is 98.0 Å². The molecule has 0 aliphatic rings. The van der Waals surface area contributed by atoms with Gasteiger partial charge in [0.2, 0.25) is 0 Å². The molecule has 10 heteroatoms. The highest BCUT2D eigenvalue weighted by atomic mass is 19.1. The topological polar surface area (TPSA) is 123 Å². The molecule has 2 aromatic heterocycles. The Hall–Kier alpha value is -4.78. The van der Waals surface area contributed by atoms with E-state index < -0.39 is 23.9 Å². The van der Waals surface area contributed by atoms with Crippen LogP contribution >= 0.6 is 0 Å². The first-order valence-corrected chi connectivity index (χ1v) is 10.1. The minimum absolute atomic E-state index is 0.0225. The molecule has 0 spiro atoms. The van der Waals surface area contributed by atoms with E-state index in [0.717, 1.165) is 10.8 Å². The lowest BCUT2D eigenvalue weighted by molar-refractivity contribution is 0.0697. The SMILES string of the molecule is Cc1c(-c2c(C(=O)O)cnn2-c2ccc(C#N)cc2)c(=O)n(C)c(=O)n1-c1cccc(CF)c1. The zero-order chi connectivity index (χ0) is 24.6. The van der Waals surface area contributed by atoms with Gasteiger partial charge in [-0.3, -0.25) is 13.9 Å². The van der Waals surface area contributed by atoms with Crippen molar-refractivity contribution in [1.82, 2.24) is 18.9 Å². The van der Waals surface area contributed by atoms with E-state index >= 15 is 0 Å². The van der Waals surface area contributed by atoms with Crippen molar-refractivity contribution < 1.29 is 14.3 Å². The number of halogens is 1. The van der Waals surface area contributed by atoms with E-state index in [1.54, 1.807) is 30.3 Å². The highest BCUT2D eigenvalue weighted by Gasteiger charge is 2.26. The van der Waals surface area contributed by atoms with E-state index in [9.17, 15) is 23.9 Å². The quantitative estimate of drug-likeness (QED) is 0.490. The second kappa shape index (κ2) is 8.63. The highest BCUT2D eigenvalue weighted by Crippen LogP contribution is 2.28. The molecule has 0 atom stereocenters. The van der Waals surface area contributed by atoms with Gasteiger partial charge in [0.25, 0.3) is 5.56 Å². The molecule has 9 nitrogen and oxygen atoms in total. The lowest BCUT2D eigenvalue weighted by Crippen LogP contribution is -2.40. The van der Waals surface area contributed by atoms with Crippen LogP contribution in [0.3, 0.4) is 0 Å². The summed E-state index contributed by atoms with van der Waals surface area (Å²) in [4.78, 5) is 38.4. The molecule has 34 heavy (non-hydrogen) atoms. The van der Waals surface area contributed by atoms with Gasteiger partial charge in [-0.25, -0.2) is 18.7 Å². The molecule has 0 fully saturated rings. The van der Waals surface area contributed by atoms with Crippen LogP contribution in [0.25, 0.3) is 22.6 Å². The van der Waals surface area contributed by atoms with E-state index in [1.165, 1.54) is 41.4 Å². The summed E-state index contributed by atoms with van der Waals surface area (Å²) in [5, 5.41) is 23.0. The number of aromatic carboxylic acids is 1. The Bertz CT molecular complexity index is 1590. The lowest BCUT2D eigenvalue weighted by Gasteiger charge is -2.17. The molecule has 0 radical (unpaired) electrons. The molecule has 0 aliphatic heterocycles. The van der Waals surface area contributed by atoms with Gasteiger partial charge in [0.15, 0.2) is 0 Å². The van der Waals surface area contributed by atoms with Gasteiger partial charge < -0.3 is 5.11 Å². The summed E-state index contributed by atoms with van der Waals surface area (Å²) in [6, 6.07) is 14.4. The van der Waals surface area contributed by atoms with Gasteiger partial charge >= 0.3 is 11.7 Å². The van der Waals surface area contributed by atoms with Crippen molar-refractivity contribution in [2.45, 2.75) is 13.6 Å². The molecule has 170 valence electrons. The Kier molecular flexibility index (Phi) is 5.69. The predicted octanol–water partition coefficient (Wildman–Crippen LogP) is 2.74. The van der Waals surface area contributed by atoms with Crippen LogP contribution in [0, 0.1) is 18.3 Å². The summed E-state index contributed by atoms with van der Waals surface area (Å²) in [6.45, 7) is 0.775. The van der Waals surface area contributed by atoms with Crippen molar-refractivity contribution in [2.24, 2.45) is 7.05 Å². The number of carboxylic acid groups (broad SMARTS) is 1. The molecule has 4 rings (SSSR count). The van der Waals surface area contributed by atoms with E-state index in [2.05, 4.69) is 5.10 Å².